The van der Waals surface area contributed by atoms with Crippen molar-refractivity contribution >= 4 is 17.3 Å². The van der Waals surface area contributed by atoms with Crippen molar-refractivity contribution in [3.8, 4) is 10.6 Å². The van der Waals surface area contributed by atoms with Gasteiger partial charge in [-0.3, -0.25) is 4.79 Å². The quantitative estimate of drug-likeness (QED) is 0.880. The molecule has 0 aliphatic rings. The lowest BCUT2D eigenvalue weighted by atomic mass is 10.2. The molecular weight excluding hydrogens is 250 g/mol. The molecule has 2 rings (SSSR count). The summed E-state index contributed by atoms with van der Waals surface area (Å²) in [7, 11) is 0. The Morgan fingerprint density at radius 2 is 2.33 bits per heavy atom. The number of aliphatic carboxylic acids is 1. The second-order valence-electron chi connectivity index (χ2n) is 3.94. The first-order valence-electron chi connectivity index (χ1n) is 5.42. The van der Waals surface area contributed by atoms with Crippen LogP contribution in [0.25, 0.3) is 10.6 Å². The fourth-order valence-electron chi connectivity index (χ4n) is 1.59. The van der Waals surface area contributed by atoms with E-state index in [1.54, 1.807) is 23.6 Å². The van der Waals surface area contributed by atoms with Gasteiger partial charge >= 0.3 is 5.97 Å². The zero-order valence-electron chi connectivity index (χ0n) is 9.83. The number of carboxylic acids is 1. The molecule has 1 atom stereocenters. The molecule has 0 spiro atoms. The number of aryl methyl sites for hydroxylation is 1. The van der Waals surface area contributed by atoms with E-state index in [1.165, 1.54) is 0 Å². The molecule has 0 fully saturated rings. The van der Waals surface area contributed by atoms with Gasteiger partial charge in [0.25, 0.3) is 0 Å². The van der Waals surface area contributed by atoms with Crippen LogP contribution in [-0.2, 0) is 4.79 Å². The third kappa shape index (κ3) is 2.72. The summed E-state index contributed by atoms with van der Waals surface area (Å²) in [4.78, 5) is 20.1. The van der Waals surface area contributed by atoms with Crippen molar-refractivity contribution in [1.29, 1.82) is 0 Å². The molecule has 2 heterocycles. The molecule has 0 bridgehead atoms. The van der Waals surface area contributed by atoms with Crippen LogP contribution in [0.2, 0.25) is 0 Å². The average molecular weight is 263 g/mol. The van der Waals surface area contributed by atoms with E-state index in [0.29, 0.717) is 5.82 Å². The Bertz CT molecular complexity index is 568. The van der Waals surface area contributed by atoms with Crippen LogP contribution >= 0.6 is 11.3 Å². The monoisotopic (exact) mass is 263 g/mol. The Labute approximate surface area is 108 Å². The molecule has 0 aliphatic heterocycles. The van der Waals surface area contributed by atoms with Gasteiger partial charge in [0.15, 0.2) is 0 Å². The van der Waals surface area contributed by atoms with Crippen LogP contribution in [0.3, 0.4) is 0 Å². The molecule has 0 aromatic carbocycles. The molecule has 3 N–H and O–H groups in total. The standard InChI is InChI=1S/C12H13N3O2S/c1-7-3-5-18-11(7)9-2-4-14-12(15-9)8(13)6-10(16)17/h2-5,8H,6,13H2,1H3,(H,16,17). The molecule has 0 amide bonds. The first-order chi connectivity index (χ1) is 8.58. The number of thiophene rings is 1. The van der Waals surface area contributed by atoms with Crippen LogP contribution in [-0.4, -0.2) is 21.0 Å². The molecule has 0 radical (unpaired) electrons. The van der Waals surface area contributed by atoms with Crippen LogP contribution in [0, 0.1) is 6.92 Å². The number of nitrogens with two attached hydrogens (primary N) is 1. The minimum absolute atomic E-state index is 0.174. The summed E-state index contributed by atoms with van der Waals surface area (Å²) < 4.78 is 0. The summed E-state index contributed by atoms with van der Waals surface area (Å²) >= 11 is 1.59. The maximum Gasteiger partial charge on any atom is 0.305 e. The van der Waals surface area contributed by atoms with Crippen molar-refractivity contribution in [2.24, 2.45) is 5.73 Å². The molecule has 2 aromatic rings. The topological polar surface area (TPSA) is 89.1 Å². The Morgan fingerprint density at radius 3 is 2.94 bits per heavy atom. The van der Waals surface area contributed by atoms with E-state index in [2.05, 4.69) is 9.97 Å². The molecule has 2 aromatic heterocycles. The van der Waals surface area contributed by atoms with E-state index in [4.69, 9.17) is 10.8 Å². The Hall–Kier alpha value is -1.79. The molecule has 18 heavy (non-hydrogen) atoms. The van der Waals surface area contributed by atoms with Gasteiger partial charge in [-0.1, -0.05) is 0 Å². The summed E-state index contributed by atoms with van der Waals surface area (Å²) in [6.45, 7) is 2.00. The van der Waals surface area contributed by atoms with E-state index < -0.39 is 12.0 Å². The lowest BCUT2D eigenvalue weighted by molar-refractivity contribution is -0.137. The molecule has 94 valence electrons. The number of nitrogens with zero attached hydrogens (tertiary/aromatic N) is 2. The summed E-state index contributed by atoms with van der Waals surface area (Å²) in [6, 6.07) is 3.14. The highest BCUT2D eigenvalue weighted by Gasteiger charge is 2.15. The second kappa shape index (κ2) is 5.24. The number of rotatable bonds is 4. The molecule has 0 saturated heterocycles. The number of aromatic nitrogens is 2. The summed E-state index contributed by atoms with van der Waals surface area (Å²) in [5, 5.41) is 10.7. The van der Waals surface area contributed by atoms with Crippen molar-refractivity contribution in [1.82, 2.24) is 9.97 Å². The summed E-state index contributed by atoms with van der Waals surface area (Å²) in [6.07, 6.45) is 1.44. The predicted octanol–water partition coefficient (Wildman–Crippen LogP) is 1.99. The van der Waals surface area contributed by atoms with Crippen LogP contribution in [0.5, 0.6) is 0 Å². The molecule has 5 nitrogen and oxygen atoms in total. The smallest absolute Gasteiger partial charge is 0.305 e. The van der Waals surface area contributed by atoms with Crippen LogP contribution < -0.4 is 5.73 Å². The highest BCUT2D eigenvalue weighted by Crippen LogP contribution is 2.27. The normalized spacial score (nSPS) is 12.3. The average Bonchev–Trinajstić information content (AvgIpc) is 2.75. The Morgan fingerprint density at radius 1 is 1.56 bits per heavy atom. The lowest BCUT2D eigenvalue weighted by Crippen LogP contribution is -2.18. The van der Waals surface area contributed by atoms with Gasteiger partial charge in [-0.15, -0.1) is 11.3 Å². The van der Waals surface area contributed by atoms with Gasteiger partial charge in [0.05, 0.1) is 23.0 Å². The largest absolute Gasteiger partial charge is 0.481 e. The van der Waals surface area contributed by atoms with E-state index in [-0.39, 0.29) is 6.42 Å². The molecule has 1 unspecified atom stereocenters. The van der Waals surface area contributed by atoms with Crippen molar-refractivity contribution in [2.45, 2.75) is 19.4 Å². The first kappa shape index (κ1) is 12.7. The van der Waals surface area contributed by atoms with E-state index in [0.717, 1.165) is 16.1 Å². The van der Waals surface area contributed by atoms with Crippen LogP contribution in [0.1, 0.15) is 23.9 Å². The van der Waals surface area contributed by atoms with Crippen LogP contribution in [0.15, 0.2) is 23.7 Å². The van der Waals surface area contributed by atoms with E-state index in [1.807, 2.05) is 18.4 Å². The zero-order valence-corrected chi connectivity index (χ0v) is 10.6. The number of carbonyl (C=O) groups is 1. The van der Waals surface area contributed by atoms with Crippen molar-refractivity contribution in [3.63, 3.8) is 0 Å². The van der Waals surface area contributed by atoms with E-state index >= 15 is 0 Å². The molecular formula is C12H13N3O2S. The third-order valence-electron chi connectivity index (χ3n) is 2.50. The summed E-state index contributed by atoms with van der Waals surface area (Å²) in [5.41, 5.74) is 7.67. The number of carboxylic acid groups (broad SMARTS) is 1. The fraction of sp³-hybridized carbons (Fsp3) is 0.250. The van der Waals surface area contributed by atoms with Gasteiger partial charge in [0.1, 0.15) is 5.82 Å². The van der Waals surface area contributed by atoms with Gasteiger partial charge in [0.2, 0.25) is 0 Å². The maximum atomic E-state index is 10.6. The van der Waals surface area contributed by atoms with Crippen molar-refractivity contribution in [3.05, 3.63) is 35.1 Å². The predicted molar refractivity (Wildman–Crippen MR) is 69.3 cm³/mol. The van der Waals surface area contributed by atoms with Gasteiger partial charge in [0, 0.05) is 6.20 Å². The Kier molecular flexibility index (Phi) is 3.69. The molecule has 0 saturated carbocycles. The minimum atomic E-state index is -0.955. The Balaban J connectivity index is 2.31. The SMILES string of the molecule is Cc1ccsc1-c1ccnc(C(N)CC(=O)O)n1. The van der Waals surface area contributed by atoms with Crippen molar-refractivity contribution < 1.29 is 9.90 Å². The highest BCUT2D eigenvalue weighted by molar-refractivity contribution is 7.13. The van der Waals surface area contributed by atoms with E-state index in [9.17, 15) is 4.79 Å². The zero-order chi connectivity index (χ0) is 13.1. The number of hydrogen-bond donors (Lipinski definition) is 2. The number of hydrogen-bond acceptors (Lipinski definition) is 5. The highest BCUT2D eigenvalue weighted by atomic mass is 32.1. The third-order valence-corrected chi connectivity index (χ3v) is 3.53. The minimum Gasteiger partial charge on any atom is -0.481 e. The fourth-order valence-corrected chi connectivity index (χ4v) is 2.49. The van der Waals surface area contributed by atoms with Gasteiger partial charge in [-0.2, -0.15) is 0 Å². The van der Waals surface area contributed by atoms with Gasteiger partial charge in [-0.25, -0.2) is 9.97 Å². The first-order valence-corrected chi connectivity index (χ1v) is 6.30. The molecule has 6 heteroatoms. The van der Waals surface area contributed by atoms with Gasteiger partial charge < -0.3 is 10.8 Å². The van der Waals surface area contributed by atoms with Crippen LogP contribution in [0.4, 0.5) is 0 Å². The molecule has 0 aliphatic carbocycles. The van der Waals surface area contributed by atoms with Crippen molar-refractivity contribution in [2.75, 3.05) is 0 Å². The van der Waals surface area contributed by atoms with Gasteiger partial charge in [-0.05, 0) is 30.0 Å². The second-order valence-corrected chi connectivity index (χ2v) is 4.85. The maximum absolute atomic E-state index is 10.6. The summed E-state index contributed by atoms with van der Waals surface area (Å²) in [5.74, 6) is -0.591. The lowest BCUT2D eigenvalue weighted by Gasteiger charge is -2.08.